The summed E-state index contributed by atoms with van der Waals surface area (Å²) in [6.45, 7) is 9.39. The Morgan fingerprint density at radius 3 is 2.42 bits per heavy atom. The summed E-state index contributed by atoms with van der Waals surface area (Å²) in [6.07, 6.45) is 11.0. The van der Waals surface area contributed by atoms with E-state index in [0.29, 0.717) is 29.6 Å². The van der Waals surface area contributed by atoms with Crippen molar-refractivity contribution >= 4 is 0 Å². The van der Waals surface area contributed by atoms with Gasteiger partial charge in [-0.05, 0) is 85.9 Å². The Bertz CT molecular complexity index is 500. The van der Waals surface area contributed by atoms with Crippen molar-refractivity contribution in [1.29, 1.82) is 0 Å². The van der Waals surface area contributed by atoms with Crippen molar-refractivity contribution in [3.63, 3.8) is 0 Å². The number of rotatable bonds is 1. The smallest absolute Gasteiger partial charge is 0.168 e. The predicted molar refractivity (Wildman–Crippen MR) is 97.2 cm³/mol. The fraction of sp³-hybridized carbons (Fsp3) is 1.00. The third kappa shape index (κ3) is 2.08. The fourth-order valence-electron chi connectivity index (χ4n) is 8.47. The second-order valence-corrected chi connectivity index (χ2v) is 10.5. The Balaban J connectivity index is 1.68. The molecule has 0 aliphatic heterocycles. The molecule has 0 bridgehead atoms. The van der Waals surface area contributed by atoms with Crippen molar-refractivity contribution in [3.8, 4) is 0 Å². The second kappa shape index (κ2) is 5.46. The lowest BCUT2D eigenvalue weighted by atomic mass is 9.42. The van der Waals surface area contributed by atoms with Crippen molar-refractivity contribution in [1.82, 2.24) is 0 Å². The van der Waals surface area contributed by atoms with Crippen molar-refractivity contribution < 1.29 is 10.2 Å². The first-order valence-electron chi connectivity index (χ1n) is 10.7. The van der Waals surface area contributed by atoms with Gasteiger partial charge in [0.1, 0.15) is 0 Å². The quantitative estimate of drug-likeness (QED) is 0.664. The summed E-state index contributed by atoms with van der Waals surface area (Å²) < 4.78 is 0. The average molecular weight is 335 g/mol. The molecule has 2 nitrogen and oxygen atoms in total. The van der Waals surface area contributed by atoms with E-state index in [9.17, 15) is 10.2 Å². The van der Waals surface area contributed by atoms with Gasteiger partial charge in [-0.1, -0.05) is 34.1 Å². The molecule has 2 N–H and O–H groups in total. The van der Waals surface area contributed by atoms with Gasteiger partial charge < -0.3 is 10.2 Å². The van der Waals surface area contributed by atoms with Gasteiger partial charge in [-0.25, -0.2) is 0 Å². The van der Waals surface area contributed by atoms with Crippen LogP contribution in [-0.2, 0) is 0 Å². The molecule has 4 aliphatic carbocycles. The third-order valence-corrected chi connectivity index (χ3v) is 9.78. The number of hydrogen-bond donors (Lipinski definition) is 2. The lowest BCUT2D eigenvalue weighted by Gasteiger charge is -2.64. The second-order valence-electron chi connectivity index (χ2n) is 10.5. The molecular formula is C22H38O2. The van der Waals surface area contributed by atoms with Crippen LogP contribution in [0.4, 0.5) is 0 Å². The third-order valence-electron chi connectivity index (χ3n) is 9.78. The largest absolute Gasteiger partial charge is 0.365 e. The average Bonchev–Trinajstić information content (AvgIpc) is 2.84. The number of hydrogen-bond acceptors (Lipinski definition) is 2. The Morgan fingerprint density at radius 1 is 0.958 bits per heavy atom. The maximum Gasteiger partial charge on any atom is 0.168 e. The van der Waals surface area contributed by atoms with Crippen molar-refractivity contribution in [2.45, 2.75) is 91.3 Å². The fourth-order valence-corrected chi connectivity index (χ4v) is 8.47. The minimum absolute atomic E-state index is 0.284. The van der Waals surface area contributed by atoms with Gasteiger partial charge in [0.15, 0.2) is 5.79 Å². The zero-order chi connectivity index (χ0) is 17.3. The lowest BCUT2D eigenvalue weighted by molar-refractivity contribution is -0.320. The highest BCUT2D eigenvalue weighted by Crippen LogP contribution is 2.69. The molecule has 0 saturated heterocycles. The molecule has 138 valence electrons. The van der Waals surface area contributed by atoms with E-state index >= 15 is 0 Å². The maximum atomic E-state index is 11.1. The van der Waals surface area contributed by atoms with Crippen LogP contribution in [0.2, 0.25) is 0 Å². The molecule has 8 atom stereocenters. The van der Waals surface area contributed by atoms with E-state index in [1.165, 1.54) is 51.4 Å². The molecule has 0 aromatic rings. The van der Waals surface area contributed by atoms with Gasteiger partial charge in [0.25, 0.3) is 0 Å². The van der Waals surface area contributed by atoms with Crippen LogP contribution in [0.5, 0.6) is 0 Å². The van der Waals surface area contributed by atoms with Crippen LogP contribution in [0.15, 0.2) is 0 Å². The van der Waals surface area contributed by atoms with E-state index in [4.69, 9.17) is 0 Å². The van der Waals surface area contributed by atoms with Crippen molar-refractivity contribution in [2.24, 2.45) is 46.3 Å². The molecule has 4 fully saturated rings. The van der Waals surface area contributed by atoms with Crippen LogP contribution in [0.1, 0.15) is 85.5 Å². The molecule has 0 aromatic heterocycles. The number of fused-ring (bicyclic) bond motifs is 5. The van der Waals surface area contributed by atoms with Crippen LogP contribution in [0, 0.1) is 46.3 Å². The minimum Gasteiger partial charge on any atom is -0.365 e. The van der Waals surface area contributed by atoms with E-state index in [-0.39, 0.29) is 5.41 Å². The van der Waals surface area contributed by atoms with Crippen LogP contribution in [-0.4, -0.2) is 16.0 Å². The van der Waals surface area contributed by atoms with Crippen LogP contribution in [0.25, 0.3) is 0 Å². The Morgan fingerprint density at radius 2 is 1.71 bits per heavy atom. The summed E-state index contributed by atoms with van der Waals surface area (Å²) in [5, 5.41) is 22.2. The van der Waals surface area contributed by atoms with Crippen LogP contribution in [0.3, 0.4) is 0 Å². The van der Waals surface area contributed by atoms with Gasteiger partial charge in [0.05, 0.1) is 0 Å². The highest BCUT2D eigenvalue weighted by molar-refractivity contribution is 5.12. The zero-order valence-corrected chi connectivity index (χ0v) is 16.2. The highest BCUT2D eigenvalue weighted by Gasteiger charge is 2.65. The Labute approximate surface area is 148 Å². The summed E-state index contributed by atoms with van der Waals surface area (Å²) in [4.78, 5) is 0. The van der Waals surface area contributed by atoms with E-state index in [1.54, 1.807) is 0 Å². The van der Waals surface area contributed by atoms with Gasteiger partial charge in [-0.15, -0.1) is 0 Å². The summed E-state index contributed by atoms with van der Waals surface area (Å²) in [5.74, 6) is 2.46. The monoisotopic (exact) mass is 334 g/mol. The molecule has 24 heavy (non-hydrogen) atoms. The normalized spacial score (nSPS) is 56.2. The molecule has 2 heteroatoms. The zero-order valence-electron chi connectivity index (χ0n) is 16.2. The molecule has 0 amide bonds. The molecule has 0 radical (unpaired) electrons. The Kier molecular flexibility index (Phi) is 3.94. The van der Waals surface area contributed by atoms with Crippen LogP contribution < -0.4 is 0 Å². The summed E-state index contributed by atoms with van der Waals surface area (Å²) in [5.41, 5.74) is 0.239. The van der Waals surface area contributed by atoms with Gasteiger partial charge in [-0.2, -0.15) is 0 Å². The Hall–Kier alpha value is -0.0800. The van der Waals surface area contributed by atoms with E-state index in [1.807, 2.05) is 0 Å². The molecule has 4 saturated carbocycles. The molecule has 0 spiro atoms. The first kappa shape index (κ1) is 17.3. The maximum absolute atomic E-state index is 11.1. The van der Waals surface area contributed by atoms with E-state index in [2.05, 4.69) is 27.7 Å². The first-order valence-corrected chi connectivity index (χ1v) is 10.7. The summed E-state index contributed by atoms with van der Waals surface area (Å²) in [7, 11) is 0. The van der Waals surface area contributed by atoms with Gasteiger partial charge in [-0.3, -0.25) is 0 Å². The molecular weight excluding hydrogens is 296 g/mol. The summed E-state index contributed by atoms with van der Waals surface area (Å²) >= 11 is 0. The predicted octanol–water partition coefficient (Wildman–Crippen LogP) is 4.98. The molecule has 0 aromatic carbocycles. The van der Waals surface area contributed by atoms with Gasteiger partial charge >= 0.3 is 0 Å². The molecule has 0 heterocycles. The SMILES string of the molecule is CC[C@H]1CC[C@H]2[C@@H]3CC[C@H]4CC(C)CC(O)(O)[C@]4(C)[C@H]3CC[C@]12C. The van der Waals surface area contributed by atoms with E-state index < -0.39 is 5.79 Å². The van der Waals surface area contributed by atoms with Gasteiger partial charge in [0.2, 0.25) is 0 Å². The standard InChI is InChI=1S/C22H38O2/c1-5-15-7-9-18-17-8-6-16-12-14(2)13-22(23,24)21(16,4)19(17)10-11-20(15,18)3/h14-19,23-24H,5-13H2,1-4H3/t14?,15-,16-,17-,18-,19-,20+,21-/m0/s1. The molecule has 1 unspecified atom stereocenters. The molecule has 4 rings (SSSR count). The summed E-state index contributed by atoms with van der Waals surface area (Å²) in [6, 6.07) is 0. The highest BCUT2D eigenvalue weighted by atomic mass is 16.5. The minimum atomic E-state index is -1.46. The van der Waals surface area contributed by atoms with Crippen molar-refractivity contribution in [3.05, 3.63) is 0 Å². The lowest BCUT2D eigenvalue weighted by Crippen LogP contribution is -2.64. The van der Waals surface area contributed by atoms with Gasteiger partial charge in [0, 0.05) is 11.8 Å². The number of aliphatic hydroxyl groups is 2. The first-order chi connectivity index (χ1) is 11.2. The van der Waals surface area contributed by atoms with E-state index in [0.717, 1.165) is 17.8 Å². The van der Waals surface area contributed by atoms with Crippen LogP contribution >= 0.6 is 0 Å². The molecule has 4 aliphatic rings. The topological polar surface area (TPSA) is 40.5 Å². The van der Waals surface area contributed by atoms with Crippen molar-refractivity contribution in [2.75, 3.05) is 0 Å².